The Morgan fingerprint density at radius 1 is 1.06 bits per heavy atom. The SMILES string of the molecule is COC(=O)c1ncn2c1C(=O)N(c1cc(C)cc(C)c1)[C@](C)(C(=O)NCc1ccc(C)cc1)C2. The molecule has 1 aliphatic heterocycles. The summed E-state index contributed by atoms with van der Waals surface area (Å²) in [5.41, 5.74) is 3.37. The Hall–Kier alpha value is -3.94. The van der Waals surface area contributed by atoms with Crippen molar-refractivity contribution in [2.75, 3.05) is 12.0 Å². The predicted octanol–water partition coefficient (Wildman–Crippen LogP) is 3.33. The molecular formula is C26H28N4O4. The second-order valence-corrected chi connectivity index (χ2v) is 8.99. The molecule has 1 aliphatic rings. The lowest BCUT2D eigenvalue weighted by atomic mass is 9.92. The summed E-state index contributed by atoms with van der Waals surface area (Å²) in [6.07, 6.45) is 1.41. The number of hydrogen-bond acceptors (Lipinski definition) is 5. The van der Waals surface area contributed by atoms with Crippen LogP contribution in [0.25, 0.3) is 0 Å². The molecule has 1 N–H and O–H groups in total. The van der Waals surface area contributed by atoms with E-state index in [-0.39, 0.29) is 23.8 Å². The molecule has 2 amide bonds. The van der Waals surface area contributed by atoms with E-state index >= 15 is 0 Å². The van der Waals surface area contributed by atoms with E-state index in [1.54, 1.807) is 11.5 Å². The summed E-state index contributed by atoms with van der Waals surface area (Å²) in [5, 5.41) is 2.99. The Bertz CT molecular complexity index is 1260. The maximum Gasteiger partial charge on any atom is 0.359 e. The fourth-order valence-electron chi connectivity index (χ4n) is 4.44. The summed E-state index contributed by atoms with van der Waals surface area (Å²) in [7, 11) is 1.24. The number of esters is 1. The van der Waals surface area contributed by atoms with Crippen LogP contribution in [0.4, 0.5) is 5.69 Å². The molecule has 0 unspecified atom stereocenters. The number of fused-ring (bicyclic) bond motifs is 1. The first-order valence-corrected chi connectivity index (χ1v) is 11.0. The minimum Gasteiger partial charge on any atom is -0.464 e. The lowest BCUT2D eigenvalue weighted by molar-refractivity contribution is -0.126. The van der Waals surface area contributed by atoms with Gasteiger partial charge in [-0.1, -0.05) is 35.9 Å². The highest BCUT2D eigenvalue weighted by Gasteiger charge is 2.49. The molecule has 0 aliphatic carbocycles. The van der Waals surface area contributed by atoms with Crippen LogP contribution in [-0.2, 0) is 22.6 Å². The lowest BCUT2D eigenvalue weighted by Gasteiger charge is -2.43. The minimum atomic E-state index is -1.26. The lowest BCUT2D eigenvalue weighted by Crippen LogP contribution is -2.64. The zero-order chi connectivity index (χ0) is 24.6. The highest BCUT2D eigenvalue weighted by atomic mass is 16.5. The van der Waals surface area contributed by atoms with E-state index in [1.807, 2.05) is 63.2 Å². The van der Waals surface area contributed by atoms with E-state index in [1.165, 1.54) is 18.3 Å². The van der Waals surface area contributed by atoms with Crippen LogP contribution in [0.2, 0.25) is 0 Å². The molecule has 34 heavy (non-hydrogen) atoms. The highest BCUT2D eigenvalue weighted by molar-refractivity contribution is 6.15. The number of anilines is 1. The van der Waals surface area contributed by atoms with Gasteiger partial charge < -0.3 is 14.6 Å². The largest absolute Gasteiger partial charge is 0.464 e. The average Bonchev–Trinajstić information content (AvgIpc) is 3.21. The van der Waals surface area contributed by atoms with E-state index in [2.05, 4.69) is 10.3 Å². The van der Waals surface area contributed by atoms with Crippen molar-refractivity contribution < 1.29 is 19.1 Å². The third-order valence-electron chi connectivity index (χ3n) is 6.12. The number of benzene rings is 2. The number of imidazole rings is 1. The summed E-state index contributed by atoms with van der Waals surface area (Å²) in [4.78, 5) is 45.4. The van der Waals surface area contributed by atoms with Crippen molar-refractivity contribution in [3.63, 3.8) is 0 Å². The number of methoxy groups -OCH3 is 1. The van der Waals surface area contributed by atoms with Gasteiger partial charge in [-0.15, -0.1) is 0 Å². The third kappa shape index (κ3) is 4.07. The van der Waals surface area contributed by atoms with Crippen molar-refractivity contribution in [2.24, 2.45) is 0 Å². The Morgan fingerprint density at radius 2 is 1.71 bits per heavy atom. The molecule has 0 spiro atoms. The summed E-state index contributed by atoms with van der Waals surface area (Å²) < 4.78 is 6.37. The molecule has 0 saturated carbocycles. The molecule has 1 aromatic heterocycles. The standard InChI is InChI=1S/C26H28N4O4/c1-16-6-8-19(9-7-16)13-27-25(33)26(4)14-29-15-28-21(24(32)34-5)22(29)23(31)30(26)20-11-17(2)10-18(3)12-20/h6-12,15H,13-14H2,1-5H3,(H,27,33)/t26-/m0/s1. The summed E-state index contributed by atoms with van der Waals surface area (Å²) in [5.74, 6) is -1.49. The van der Waals surface area contributed by atoms with Crippen molar-refractivity contribution in [1.29, 1.82) is 0 Å². The van der Waals surface area contributed by atoms with Gasteiger partial charge >= 0.3 is 5.97 Å². The molecule has 8 heteroatoms. The Balaban J connectivity index is 1.77. The number of rotatable bonds is 5. The summed E-state index contributed by atoms with van der Waals surface area (Å²) >= 11 is 0. The number of carbonyl (C=O) groups excluding carboxylic acids is 3. The van der Waals surface area contributed by atoms with Gasteiger partial charge in [0.15, 0.2) is 5.69 Å². The third-order valence-corrected chi connectivity index (χ3v) is 6.12. The van der Waals surface area contributed by atoms with E-state index < -0.39 is 17.4 Å². The number of nitrogens with one attached hydrogen (secondary N) is 1. The van der Waals surface area contributed by atoms with E-state index in [4.69, 9.17) is 4.74 Å². The number of aryl methyl sites for hydroxylation is 3. The van der Waals surface area contributed by atoms with Gasteiger partial charge in [-0.2, -0.15) is 0 Å². The van der Waals surface area contributed by atoms with Crippen molar-refractivity contribution in [3.05, 3.63) is 82.4 Å². The first-order valence-electron chi connectivity index (χ1n) is 11.0. The van der Waals surface area contributed by atoms with Gasteiger partial charge in [-0.05, 0) is 56.5 Å². The molecular weight excluding hydrogens is 432 g/mol. The van der Waals surface area contributed by atoms with Crippen molar-refractivity contribution in [2.45, 2.75) is 46.3 Å². The molecule has 0 radical (unpaired) electrons. The van der Waals surface area contributed by atoms with Crippen LogP contribution in [-0.4, -0.2) is 40.0 Å². The maximum absolute atomic E-state index is 13.9. The Labute approximate surface area is 198 Å². The van der Waals surface area contributed by atoms with Crippen LogP contribution < -0.4 is 10.2 Å². The molecule has 0 bridgehead atoms. The van der Waals surface area contributed by atoms with E-state index in [0.717, 1.165) is 22.3 Å². The topological polar surface area (TPSA) is 93.5 Å². The molecule has 3 aromatic rings. The van der Waals surface area contributed by atoms with E-state index in [0.29, 0.717) is 12.2 Å². The first kappa shape index (κ1) is 23.2. The first-order chi connectivity index (χ1) is 16.1. The normalized spacial score (nSPS) is 17.3. The molecule has 8 nitrogen and oxygen atoms in total. The number of nitrogens with zero attached hydrogens (tertiary/aromatic N) is 3. The number of amides is 2. The fourth-order valence-corrected chi connectivity index (χ4v) is 4.44. The smallest absolute Gasteiger partial charge is 0.359 e. The van der Waals surface area contributed by atoms with Crippen LogP contribution in [0, 0.1) is 20.8 Å². The Morgan fingerprint density at radius 3 is 2.32 bits per heavy atom. The van der Waals surface area contributed by atoms with Crippen molar-refractivity contribution >= 4 is 23.5 Å². The second-order valence-electron chi connectivity index (χ2n) is 8.99. The molecule has 4 rings (SSSR count). The van der Waals surface area contributed by atoms with Gasteiger partial charge in [-0.25, -0.2) is 9.78 Å². The van der Waals surface area contributed by atoms with Crippen molar-refractivity contribution in [1.82, 2.24) is 14.9 Å². The quantitative estimate of drug-likeness (QED) is 0.590. The van der Waals surface area contributed by atoms with Crippen LogP contribution in [0.5, 0.6) is 0 Å². The summed E-state index contributed by atoms with van der Waals surface area (Å²) in [6, 6.07) is 13.6. The monoisotopic (exact) mass is 460 g/mol. The molecule has 2 aromatic carbocycles. The van der Waals surface area contributed by atoms with Crippen LogP contribution in [0.1, 0.15) is 50.2 Å². The van der Waals surface area contributed by atoms with Crippen LogP contribution >= 0.6 is 0 Å². The van der Waals surface area contributed by atoms with Gasteiger partial charge in [-0.3, -0.25) is 14.5 Å². The number of aromatic nitrogens is 2. The fraction of sp³-hybridized carbons (Fsp3) is 0.308. The van der Waals surface area contributed by atoms with Gasteiger partial charge in [0.2, 0.25) is 5.91 Å². The van der Waals surface area contributed by atoms with Crippen LogP contribution in [0.15, 0.2) is 48.8 Å². The zero-order valence-corrected chi connectivity index (χ0v) is 20.0. The molecule has 176 valence electrons. The Kier molecular flexibility index (Phi) is 6.00. The van der Waals surface area contributed by atoms with Crippen LogP contribution in [0.3, 0.4) is 0 Å². The average molecular weight is 461 g/mol. The number of ether oxygens (including phenoxy) is 1. The predicted molar refractivity (Wildman–Crippen MR) is 128 cm³/mol. The van der Waals surface area contributed by atoms with E-state index in [9.17, 15) is 14.4 Å². The molecule has 2 heterocycles. The van der Waals surface area contributed by atoms with Gasteiger partial charge in [0.05, 0.1) is 20.0 Å². The zero-order valence-electron chi connectivity index (χ0n) is 20.0. The maximum atomic E-state index is 13.9. The van der Waals surface area contributed by atoms with Gasteiger partial charge in [0, 0.05) is 12.2 Å². The highest BCUT2D eigenvalue weighted by Crippen LogP contribution is 2.35. The molecule has 0 saturated heterocycles. The van der Waals surface area contributed by atoms with Crippen molar-refractivity contribution in [3.8, 4) is 0 Å². The number of hydrogen-bond donors (Lipinski definition) is 1. The molecule has 0 fully saturated rings. The minimum absolute atomic E-state index is 0.0658. The second kappa shape index (κ2) is 8.78. The number of carbonyl (C=O) groups is 3. The van der Waals surface area contributed by atoms with Gasteiger partial charge in [0.25, 0.3) is 5.91 Å². The summed E-state index contributed by atoms with van der Waals surface area (Å²) in [6.45, 7) is 8.06. The van der Waals surface area contributed by atoms with Gasteiger partial charge in [0.1, 0.15) is 11.2 Å². The molecule has 1 atom stereocenters.